The van der Waals surface area contributed by atoms with Crippen LogP contribution in [0.1, 0.15) is 19.8 Å². The van der Waals surface area contributed by atoms with Crippen molar-refractivity contribution < 1.29 is 19.1 Å². The van der Waals surface area contributed by atoms with Crippen LogP contribution in [-0.4, -0.2) is 31.6 Å². The quantitative estimate of drug-likeness (QED) is 0.550. The summed E-state index contributed by atoms with van der Waals surface area (Å²) in [6.07, 6.45) is 0.305. The molecule has 110 valence electrons. The molecule has 0 aromatic heterocycles. The number of hydrogen-bond donors (Lipinski definition) is 2. The van der Waals surface area contributed by atoms with E-state index in [1.165, 1.54) is 0 Å². The lowest BCUT2D eigenvalue weighted by Gasteiger charge is -2.07. The molecular weight excluding hydrogens is 260 g/mol. The highest BCUT2D eigenvalue weighted by molar-refractivity contribution is 5.76. The van der Waals surface area contributed by atoms with E-state index in [0.29, 0.717) is 18.0 Å². The summed E-state index contributed by atoms with van der Waals surface area (Å²) in [5, 5.41) is 2.62. The number of carbonyl (C=O) groups excluding carboxylic acids is 2. The third kappa shape index (κ3) is 6.63. The number of ether oxygens (including phenoxy) is 2. The lowest BCUT2D eigenvalue weighted by molar-refractivity contribution is -0.144. The van der Waals surface area contributed by atoms with E-state index in [1.807, 2.05) is 6.92 Å². The molecule has 0 fully saturated rings. The highest BCUT2D eigenvalue weighted by Crippen LogP contribution is 2.14. The Morgan fingerprint density at radius 2 is 2.05 bits per heavy atom. The van der Waals surface area contributed by atoms with E-state index in [4.69, 9.17) is 15.2 Å². The van der Waals surface area contributed by atoms with Gasteiger partial charge in [0.05, 0.1) is 19.4 Å². The van der Waals surface area contributed by atoms with Gasteiger partial charge in [0.1, 0.15) is 12.4 Å². The van der Waals surface area contributed by atoms with Crippen LogP contribution in [-0.2, 0) is 14.3 Å². The Morgan fingerprint density at radius 3 is 2.75 bits per heavy atom. The lowest BCUT2D eigenvalue weighted by atomic mass is 10.3. The number of nitrogen functional groups attached to an aromatic ring is 1. The second-order valence-electron chi connectivity index (χ2n) is 4.09. The Morgan fingerprint density at radius 1 is 1.25 bits per heavy atom. The molecule has 3 N–H and O–H groups in total. The van der Waals surface area contributed by atoms with Gasteiger partial charge in [-0.1, -0.05) is 6.07 Å². The molecule has 0 heterocycles. The summed E-state index contributed by atoms with van der Waals surface area (Å²) in [6, 6.07) is 6.97. The number of nitrogens with two attached hydrogens (primary N) is 1. The highest BCUT2D eigenvalue weighted by Gasteiger charge is 2.05. The molecule has 0 saturated heterocycles. The van der Waals surface area contributed by atoms with Gasteiger partial charge in [0.15, 0.2) is 0 Å². The summed E-state index contributed by atoms with van der Waals surface area (Å²) < 4.78 is 10.3. The van der Waals surface area contributed by atoms with Gasteiger partial charge in [-0.2, -0.15) is 0 Å². The Hall–Kier alpha value is -2.24. The molecule has 0 atom stereocenters. The zero-order chi connectivity index (χ0) is 14.8. The van der Waals surface area contributed by atoms with Crippen molar-refractivity contribution in [3.8, 4) is 5.75 Å². The average Bonchev–Trinajstić information content (AvgIpc) is 2.39. The molecule has 1 aromatic rings. The van der Waals surface area contributed by atoms with Crippen molar-refractivity contribution in [3.63, 3.8) is 0 Å². The molecule has 20 heavy (non-hydrogen) atoms. The zero-order valence-corrected chi connectivity index (χ0v) is 11.6. The predicted molar refractivity (Wildman–Crippen MR) is 75.2 cm³/mol. The van der Waals surface area contributed by atoms with Gasteiger partial charge in [-0.3, -0.25) is 9.59 Å². The SMILES string of the molecule is CCNC(=O)CCOC(=O)CCOc1cccc(N)c1. The van der Waals surface area contributed by atoms with E-state index < -0.39 is 5.97 Å². The summed E-state index contributed by atoms with van der Waals surface area (Å²) >= 11 is 0. The Balaban J connectivity index is 2.13. The first-order chi connectivity index (χ1) is 9.61. The van der Waals surface area contributed by atoms with Crippen LogP contribution in [0.3, 0.4) is 0 Å². The van der Waals surface area contributed by atoms with Gasteiger partial charge in [0.25, 0.3) is 0 Å². The Kier molecular flexibility index (Phi) is 6.95. The van der Waals surface area contributed by atoms with E-state index in [9.17, 15) is 9.59 Å². The van der Waals surface area contributed by atoms with Crippen molar-refractivity contribution in [1.29, 1.82) is 0 Å². The van der Waals surface area contributed by atoms with Crippen LogP contribution in [0, 0.1) is 0 Å². The first kappa shape index (κ1) is 15.8. The van der Waals surface area contributed by atoms with Gasteiger partial charge in [-0.15, -0.1) is 0 Å². The van der Waals surface area contributed by atoms with E-state index in [1.54, 1.807) is 24.3 Å². The second kappa shape index (κ2) is 8.79. The molecular formula is C14H20N2O4. The van der Waals surface area contributed by atoms with Crippen LogP contribution >= 0.6 is 0 Å². The van der Waals surface area contributed by atoms with Crippen LogP contribution < -0.4 is 15.8 Å². The molecule has 1 amide bonds. The zero-order valence-electron chi connectivity index (χ0n) is 11.6. The minimum Gasteiger partial charge on any atom is -0.493 e. The summed E-state index contributed by atoms with van der Waals surface area (Å²) in [7, 11) is 0. The fraction of sp³-hybridized carbons (Fsp3) is 0.429. The maximum absolute atomic E-state index is 11.4. The van der Waals surface area contributed by atoms with Crippen molar-refractivity contribution >= 4 is 17.6 Å². The molecule has 0 unspecified atom stereocenters. The maximum Gasteiger partial charge on any atom is 0.309 e. The number of nitrogens with one attached hydrogen (secondary N) is 1. The fourth-order valence-corrected chi connectivity index (χ4v) is 1.47. The third-order valence-corrected chi connectivity index (χ3v) is 2.40. The highest BCUT2D eigenvalue weighted by atomic mass is 16.5. The van der Waals surface area contributed by atoms with Gasteiger partial charge in [-0.05, 0) is 19.1 Å². The smallest absolute Gasteiger partial charge is 0.309 e. The number of esters is 1. The minimum atomic E-state index is -0.391. The minimum absolute atomic E-state index is 0.0863. The van der Waals surface area contributed by atoms with Gasteiger partial charge in [0, 0.05) is 18.3 Å². The van der Waals surface area contributed by atoms with Gasteiger partial charge >= 0.3 is 5.97 Å². The molecule has 6 heteroatoms. The molecule has 0 bridgehead atoms. The normalized spacial score (nSPS) is 9.85. The Bertz CT molecular complexity index is 449. The second-order valence-corrected chi connectivity index (χ2v) is 4.09. The summed E-state index contributed by atoms with van der Waals surface area (Å²) in [5.41, 5.74) is 6.20. The molecule has 1 rings (SSSR count). The van der Waals surface area contributed by atoms with Crippen LogP contribution in [0.15, 0.2) is 24.3 Å². The van der Waals surface area contributed by atoms with Crippen LogP contribution in [0.5, 0.6) is 5.75 Å². The third-order valence-electron chi connectivity index (χ3n) is 2.40. The molecule has 0 spiro atoms. The molecule has 1 aromatic carbocycles. The van der Waals surface area contributed by atoms with E-state index >= 15 is 0 Å². The summed E-state index contributed by atoms with van der Waals surface area (Å²) in [4.78, 5) is 22.5. The standard InChI is InChI=1S/C14H20N2O4/c1-2-16-13(17)6-8-20-14(18)7-9-19-12-5-3-4-11(15)10-12/h3-5,10H,2,6-9,15H2,1H3,(H,16,17). The summed E-state index contributed by atoms with van der Waals surface area (Å²) in [5.74, 6) is 0.0923. The molecule has 0 saturated carbocycles. The average molecular weight is 280 g/mol. The van der Waals surface area contributed by atoms with Gasteiger partial charge < -0.3 is 20.5 Å². The largest absolute Gasteiger partial charge is 0.493 e. The molecule has 0 aliphatic carbocycles. The van der Waals surface area contributed by atoms with Crippen molar-refractivity contribution in [2.24, 2.45) is 0 Å². The molecule has 6 nitrogen and oxygen atoms in total. The first-order valence-corrected chi connectivity index (χ1v) is 6.52. The van der Waals surface area contributed by atoms with Crippen molar-refractivity contribution in [1.82, 2.24) is 5.32 Å². The first-order valence-electron chi connectivity index (χ1n) is 6.52. The maximum atomic E-state index is 11.4. The number of benzene rings is 1. The number of rotatable bonds is 8. The van der Waals surface area contributed by atoms with E-state index in [-0.39, 0.29) is 32.0 Å². The van der Waals surface area contributed by atoms with Crippen LogP contribution in [0.2, 0.25) is 0 Å². The van der Waals surface area contributed by atoms with Crippen molar-refractivity contribution in [2.45, 2.75) is 19.8 Å². The van der Waals surface area contributed by atoms with E-state index in [2.05, 4.69) is 5.32 Å². The number of hydrogen-bond acceptors (Lipinski definition) is 5. The van der Waals surface area contributed by atoms with E-state index in [0.717, 1.165) is 0 Å². The van der Waals surface area contributed by atoms with Crippen molar-refractivity contribution in [3.05, 3.63) is 24.3 Å². The molecule has 0 aliphatic rings. The topological polar surface area (TPSA) is 90.6 Å². The number of carbonyl (C=O) groups is 2. The predicted octanol–water partition coefficient (Wildman–Crippen LogP) is 1.11. The number of anilines is 1. The number of amides is 1. The van der Waals surface area contributed by atoms with Crippen LogP contribution in [0.25, 0.3) is 0 Å². The van der Waals surface area contributed by atoms with Crippen LogP contribution in [0.4, 0.5) is 5.69 Å². The molecule has 0 aliphatic heterocycles. The monoisotopic (exact) mass is 280 g/mol. The van der Waals surface area contributed by atoms with Crippen molar-refractivity contribution in [2.75, 3.05) is 25.5 Å². The molecule has 0 radical (unpaired) electrons. The Labute approximate surface area is 118 Å². The van der Waals surface area contributed by atoms with Gasteiger partial charge in [0.2, 0.25) is 5.91 Å². The lowest BCUT2D eigenvalue weighted by Crippen LogP contribution is -2.24. The van der Waals surface area contributed by atoms with Gasteiger partial charge in [-0.25, -0.2) is 0 Å². The summed E-state index contributed by atoms with van der Waals surface area (Å²) in [6.45, 7) is 2.70. The fourth-order valence-electron chi connectivity index (χ4n) is 1.47.